The summed E-state index contributed by atoms with van der Waals surface area (Å²) in [6.45, 7) is 13.8. The molecule has 28 nitrogen and oxygen atoms in total. The molecule has 110 heavy (non-hydrogen) atoms. The van der Waals surface area contributed by atoms with Crippen LogP contribution in [-0.4, -0.2) is 168 Å². The van der Waals surface area contributed by atoms with Crippen LogP contribution in [0.15, 0.2) is 115 Å². The second-order valence-electron chi connectivity index (χ2n) is 28.7. The third-order valence-corrected chi connectivity index (χ3v) is 22.8. The van der Waals surface area contributed by atoms with Crippen molar-refractivity contribution in [1.82, 2.24) is 56.3 Å². The van der Waals surface area contributed by atoms with Gasteiger partial charge in [0.1, 0.15) is 21.3 Å². The van der Waals surface area contributed by atoms with E-state index >= 15 is 0 Å². The molecule has 5 aromatic rings. The second-order valence-corrected chi connectivity index (χ2v) is 30.7. The van der Waals surface area contributed by atoms with Gasteiger partial charge in [-0.1, -0.05) is 117 Å². The molecule has 2 fully saturated rings. The van der Waals surface area contributed by atoms with Crippen LogP contribution in [0.1, 0.15) is 169 Å². The number of benzene rings is 4. The summed E-state index contributed by atoms with van der Waals surface area (Å²) < 4.78 is 25.7. The molecule has 10 amide bonds. The van der Waals surface area contributed by atoms with Crippen molar-refractivity contribution in [2.24, 2.45) is 11.3 Å². The molecule has 588 valence electrons. The third-order valence-electron chi connectivity index (χ3n) is 20.8. The average Bonchev–Trinajstić information content (AvgIpc) is 1.56. The van der Waals surface area contributed by atoms with Crippen LogP contribution < -0.4 is 61.2 Å². The maximum atomic E-state index is 14.7. The van der Waals surface area contributed by atoms with E-state index in [9.17, 15) is 43.2 Å². The van der Waals surface area contributed by atoms with Gasteiger partial charge in [-0.3, -0.25) is 53.6 Å². The molecule has 3 aliphatic heterocycles. The van der Waals surface area contributed by atoms with Crippen molar-refractivity contribution in [3.05, 3.63) is 143 Å². The molecule has 0 bridgehead atoms. The van der Waals surface area contributed by atoms with E-state index in [-0.39, 0.29) is 65.3 Å². The van der Waals surface area contributed by atoms with Crippen molar-refractivity contribution in [1.29, 1.82) is 0 Å². The number of aromatic nitrogens is 3. The van der Waals surface area contributed by atoms with E-state index in [0.717, 1.165) is 78.7 Å². The Morgan fingerprint density at radius 2 is 1.47 bits per heavy atom. The highest BCUT2D eigenvalue weighted by molar-refractivity contribution is 14.1. The van der Waals surface area contributed by atoms with Crippen LogP contribution in [0.25, 0.3) is 16.8 Å². The molecule has 4 heterocycles. The number of urea groups is 1. The molecule has 4 aromatic carbocycles. The van der Waals surface area contributed by atoms with Crippen LogP contribution in [0.3, 0.4) is 0 Å². The standard InChI is InChI=1S/C81H103IN14O14/c1-12-15-16-22-37-92(8)77(103)58-40-64(106-9)66(42-60(58)90-108-11)109-38-23-17-24-39-110-67-43-62-59(41-65(67)107-10)78(104)94-49-80(35-36-80)44-63(94)52(7)95(62)79(105)85-45-53-29-31-55(32-30-53)87-75(101)51(6)86-76(102)72(50(4)5)88-70(99)47-84-69(98)46-83-68(97)33-34-71(100)93-48-54-25-18-19-26-56(54)73-74(57-27-20-21-28-61(57)93)96(91-89-73)81(82,13-2)14-3/h15-16,18-19,21-22,25-26,28-32,37,40-43,50-52,63,72,90H,12-14,17,20,23-24,27,33-36,38-39,44-49H2,1-11H3,(H,83,97)(H,84,98)(H,85,105)(H,86,102)(H,87,101)(H,88,99)/b16-15+,37-22+/t51-,52-,63?,72-/m0/s1. The number of carbonyl (C=O) groups is 9. The van der Waals surface area contributed by atoms with Crippen molar-refractivity contribution in [2.45, 2.75) is 173 Å². The first-order valence-corrected chi connectivity index (χ1v) is 38.9. The number of fused-ring (bicyclic) bond motifs is 6. The first-order chi connectivity index (χ1) is 52.9. The van der Waals surface area contributed by atoms with Gasteiger partial charge in [0, 0.05) is 73.8 Å². The maximum absolute atomic E-state index is 14.7. The zero-order chi connectivity index (χ0) is 79.0. The number of amides is 10. The van der Waals surface area contributed by atoms with Crippen molar-refractivity contribution in [3.63, 3.8) is 0 Å². The number of hydrogen-bond donors (Lipinski definition) is 7. The van der Waals surface area contributed by atoms with E-state index in [0.29, 0.717) is 95.6 Å². The molecule has 1 unspecified atom stereocenters. The number of nitrogens with one attached hydrogen (secondary N) is 7. The number of rotatable bonds is 34. The van der Waals surface area contributed by atoms with E-state index in [2.05, 4.69) is 73.8 Å². The Balaban J connectivity index is 0.679. The molecule has 7 N–H and O–H groups in total. The smallest absolute Gasteiger partial charge is 0.322 e. The number of halogens is 1. The number of alkyl halides is 1. The van der Waals surface area contributed by atoms with Gasteiger partial charge in [0.25, 0.3) is 11.8 Å². The normalized spacial score (nSPS) is 16.6. The lowest BCUT2D eigenvalue weighted by Crippen LogP contribution is -2.55. The number of methoxy groups -OCH3 is 2. The molecule has 10 rings (SSSR count). The van der Waals surface area contributed by atoms with Gasteiger partial charge in [-0.2, -0.15) is 0 Å². The monoisotopic (exact) mass is 1620 g/mol. The number of hydrogen-bond acceptors (Lipinski definition) is 17. The fourth-order valence-corrected chi connectivity index (χ4v) is 14.5. The van der Waals surface area contributed by atoms with Gasteiger partial charge in [-0.25, -0.2) is 9.48 Å². The number of unbranched alkanes of at least 4 members (excludes halogenated alkanes) is 2. The fraction of sp³-hybridized carbons (Fsp3) is 0.469. The number of anilines is 3. The van der Waals surface area contributed by atoms with Gasteiger partial charge >= 0.3 is 6.03 Å². The Morgan fingerprint density at radius 1 is 0.782 bits per heavy atom. The Labute approximate surface area is 656 Å². The highest BCUT2D eigenvalue weighted by Crippen LogP contribution is 2.57. The average molecular weight is 1620 g/mol. The van der Waals surface area contributed by atoms with Gasteiger partial charge in [0.2, 0.25) is 35.4 Å². The number of carbonyl (C=O) groups excluding carboxylic acids is 9. The first kappa shape index (κ1) is 82.2. The van der Waals surface area contributed by atoms with E-state index in [1.807, 2.05) is 72.0 Å². The molecular formula is C81H103IN14O14. The van der Waals surface area contributed by atoms with Gasteiger partial charge < -0.3 is 65.5 Å². The van der Waals surface area contributed by atoms with Crippen LogP contribution in [0, 0.1) is 11.3 Å². The summed E-state index contributed by atoms with van der Waals surface area (Å²) in [5.74, 6) is -2.71. The van der Waals surface area contributed by atoms with Crippen LogP contribution in [-0.2, 0) is 50.2 Å². The topological polar surface area (TPSA) is 328 Å². The molecule has 29 heteroatoms. The van der Waals surface area contributed by atoms with Gasteiger partial charge in [0.05, 0.1) is 94.5 Å². The lowest BCUT2D eigenvalue weighted by molar-refractivity contribution is -0.133. The van der Waals surface area contributed by atoms with Crippen LogP contribution >= 0.6 is 22.6 Å². The Hall–Kier alpha value is -10.3. The zero-order valence-corrected chi connectivity index (χ0v) is 66.8. The summed E-state index contributed by atoms with van der Waals surface area (Å²) in [5, 5.41) is 25.7. The Kier molecular flexibility index (Phi) is 28.0. The summed E-state index contributed by atoms with van der Waals surface area (Å²) in [6.07, 6.45) is 19.7. The summed E-state index contributed by atoms with van der Waals surface area (Å²) in [5.41, 5.74) is 10.5. The molecule has 4 atom stereocenters. The number of nitrogens with zero attached hydrogens (tertiary/aromatic N) is 7. The number of allylic oxidation sites excluding steroid dienone is 6. The Bertz CT molecular complexity index is 4350. The van der Waals surface area contributed by atoms with Crippen LogP contribution in [0.2, 0.25) is 0 Å². The molecular weight excluding hydrogens is 1520 g/mol. The molecule has 1 saturated carbocycles. The summed E-state index contributed by atoms with van der Waals surface area (Å²) in [4.78, 5) is 136. The van der Waals surface area contributed by atoms with Crippen molar-refractivity contribution < 1.29 is 66.9 Å². The summed E-state index contributed by atoms with van der Waals surface area (Å²) in [6, 6.07) is 18.1. The van der Waals surface area contributed by atoms with Crippen molar-refractivity contribution in [2.75, 3.05) is 76.9 Å². The summed E-state index contributed by atoms with van der Waals surface area (Å²) >= 11 is 2.45. The lowest BCUT2D eigenvalue weighted by atomic mass is 9.90. The van der Waals surface area contributed by atoms with E-state index in [1.165, 1.54) is 33.2 Å². The molecule has 0 radical (unpaired) electrons. The second kappa shape index (κ2) is 37.4. The minimum atomic E-state index is -1.09. The largest absolute Gasteiger partial charge is 0.493 e. The predicted octanol–water partition coefficient (Wildman–Crippen LogP) is 10.8. The molecule has 2 aliphatic carbocycles. The van der Waals surface area contributed by atoms with Gasteiger partial charge in [-0.05, 0) is 143 Å². The van der Waals surface area contributed by atoms with Crippen molar-refractivity contribution >= 4 is 98.5 Å². The molecule has 1 spiro atoms. The highest BCUT2D eigenvalue weighted by Gasteiger charge is 2.57. The van der Waals surface area contributed by atoms with Gasteiger partial charge in [-0.15, -0.1) is 5.10 Å². The predicted molar refractivity (Wildman–Crippen MR) is 426 cm³/mol. The minimum Gasteiger partial charge on any atom is -0.493 e. The van der Waals surface area contributed by atoms with E-state index in [1.54, 1.807) is 91.5 Å². The van der Waals surface area contributed by atoms with E-state index in [4.69, 9.17) is 34.1 Å². The SMILES string of the molecule is CC/C=C/C=C/N(C)C(=O)c1cc(OC)c(OCCCCCOc2cc3c(cc2OC)C(=O)N2CC4(CC4)CC2[C@H](C)N3C(=O)NCc2ccc(NC(=O)[C@H](C)NC(=O)[C@@H](NC(=O)CNC(=O)CNC(=O)CCC(=O)N3Cc4ccccc4-c4nnn(C(I)(CC)CC)c4C4=C3C=CCC4)C(C)C)cc2)cc1NOC. The molecule has 1 saturated heterocycles. The van der Waals surface area contributed by atoms with Gasteiger partial charge in [0.15, 0.2) is 23.0 Å². The quantitative estimate of drug-likeness (QED) is 0.00661. The Morgan fingerprint density at radius 3 is 2.15 bits per heavy atom. The van der Waals surface area contributed by atoms with Crippen molar-refractivity contribution in [3.8, 4) is 34.3 Å². The lowest BCUT2D eigenvalue weighted by Gasteiger charge is -2.34. The van der Waals surface area contributed by atoms with Crippen LogP contribution in [0.5, 0.6) is 23.0 Å². The summed E-state index contributed by atoms with van der Waals surface area (Å²) in [7, 11) is 6.15. The van der Waals surface area contributed by atoms with E-state index < -0.39 is 72.7 Å². The maximum Gasteiger partial charge on any atom is 0.322 e. The molecule has 5 aliphatic rings. The third kappa shape index (κ3) is 19.5. The van der Waals surface area contributed by atoms with Crippen LogP contribution in [0.4, 0.5) is 21.9 Å². The highest BCUT2D eigenvalue weighted by atomic mass is 127. The fourth-order valence-electron chi connectivity index (χ4n) is 14.2. The first-order valence-electron chi connectivity index (χ1n) is 37.8. The molecule has 1 aromatic heterocycles. The minimum absolute atomic E-state index is 0.0371. The number of ether oxygens (including phenoxy) is 4. The zero-order valence-electron chi connectivity index (χ0n) is 64.6.